The minimum Gasteiger partial charge on any atom is -0.307 e. The van der Waals surface area contributed by atoms with Crippen LogP contribution < -0.4 is 16.0 Å². The molecule has 0 spiro atoms. The second kappa shape index (κ2) is 7.17. The molecule has 4 N–H and O–H groups in total. The smallest absolute Gasteiger partial charge is 0.244 e. The van der Waals surface area contributed by atoms with Crippen LogP contribution in [0.1, 0.15) is 19.8 Å². The average Bonchev–Trinajstić information content (AvgIpc) is 2.53. The first-order valence-corrected chi connectivity index (χ1v) is 8.68. The highest BCUT2D eigenvalue weighted by molar-refractivity contribution is 7.89. The number of piperidine rings is 1. The molecule has 0 atom stereocenters. The van der Waals surface area contributed by atoms with Gasteiger partial charge in [-0.15, -0.1) is 0 Å². The number of hydrazine groups is 1. The quantitative estimate of drug-likeness (QED) is 0.518. The van der Waals surface area contributed by atoms with E-state index >= 15 is 0 Å². The fourth-order valence-electron chi connectivity index (χ4n) is 2.53. The summed E-state index contributed by atoms with van der Waals surface area (Å²) in [5.41, 5.74) is 2.32. The summed E-state index contributed by atoms with van der Waals surface area (Å²) in [5.74, 6) is 5.85. The van der Waals surface area contributed by atoms with Crippen LogP contribution in [0.4, 0.5) is 5.82 Å². The van der Waals surface area contributed by atoms with E-state index in [2.05, 4.69) is 27.0 Å². The van der Waals surface area contributed by atoms with Gasteiger partial charge in [0.1, 0.15) is 4.90 Å². The zero-order chi connectivity index (χ0) is 15.3. The van der Waals surface area contributed by atoms with Crippen molar-refractivity contribution in [3.8, 4) is 0 Å². The SMILES string of the molecule is CCN1CCC(CNS(=O)(=O)c2cccnc2NN)CC1. The molecule has 2 heterocycles. The Kier molecular flexibility index (Phi) is 5.51. The second-order valence-electron chi connectivity index (χ2n) is 5.22. The first-order valence-electron chi connectivity index (χ1n) is 7.20. The third-order valence-electron chi connectivity index (χ3n) is 3.91. The Balaban J connectivity index is 1.96. The Bertz CT molecular complexity index is 555. The van der Waals surface area contributed by atoms with E-state index in [4.69, 9.17) is 5.84 Å². The van der Waals surface area contributed by atoms with Crippen molar-refractivity contribution in [2.45, 2.75) is 24.7 Å². The molecular weight excluding hydrogens is 290 g/mol. The highest BCUT2D eigenvalue weighted by atomic mass is 32.2. The van der Waals surface area contributed by atoms with Gasteiger partial charge in [0.05, 0.1) is 0 Å². The lowest BCUT2D eigenvalue weighted by atomic mass is 9.97. The third kappa shape index (κ3) is 4.13. The van der Waals surface area contributed by atoms with E-state index in [0.29, 0.717) is 12.5 Å². The van der Waals surface area contributed by atoms with E-state index in [1.54, 1.807) is 6.07 Å². The van der Waals surface area contributed by atoms with Crippen LogP contribution in [0, 0.1) is 5.92 Å². The molecule has 2 rings (SSSR count). The second-order valence-corrected chi connectivity index (χ2v) is 6.96. The van der Waals surface area contributed by atoms with Crippen LogP contribution in [0.2, 0.25) is 0 Å². The molecule has 0 aromatic carbocycles. The molecule has 1 aliphatic rings. The average molecular weight is 313 g/mol. The lowest BCUT2D eigenvalue weighted by Gasteiger charge is -2.31. The van der Waals surface area contributed by atoms with E-state index < -0.39 is 10.0 Å². The van der Waals surface area contributed by atoms with Crippen LogP contribution in [0.3, 0.4) is 0 Å². The Morgan fingerprint density at radius 2 is 2.14 bits per heavy atom. The number of rotatable bonds is 6. The van der Waals surface area contributed by atoms with Crippen molar-refractivity contribution in [2.24, 2.45) is 11.8 Å². The van der Waals surface area contributed by atoms with Crippen LogP contribution in [0.15, 0.2) is 23.2 Å². The topological polar surface area (TPSA) is 100 Å². The van der Waals surface area contributed by atoms with Gasteiger partial charge in [-0.1, -0.05) is 6.92 Å². The lowest BCUT2D eigenvalue weighted by molar-refractivity contribution is 0.194. The molecular formula is C13H23N5O2S. The van der Waals surface area contributed by atoms with Crippen molar-refractivity contribution in [1.82, 2.24) is 14.6 Å². The van der Waals surface area contributed by atoms with E-state index in [9.17, 15) is 8.42 Å². The number of sulfonamides is 1. The fraction of sp³-hybridized carbons (Fsp3) is 0.615. The number of aromatic nitrogens is 1. The highest BCUT2D eigenvalue weighted by Gasteiger charge is 2.23. The van der Waals surface area contributed by atoms with E-state index in [-0.39, 0.29) is 10.7 Å². The van der Waals surface area contributed by atoms with Crippen molar-refractivity contribution in [1.29, 1.82) is 0 Å². The molecule has 0 aliphatic carbocycles. The molecule has 1 aliphatic heterocycles. The maximum atomic E-state index is 12.3. The summed E-state index contributed by atoms with van der Waals surface area (Å²) >= 11 is 0. The van der Waals surface area contributed by atoms with Gasteiger partial charge in [-0.25, -0.2) is 24.0 Å². The maximum Gasteiger partial charge on any atom is 0.244 e. The summed E-state index contributed by atoms with van der Waals surface area (Å²) in [6.07, 6.45) is 3.53. The van der Waals surface area contributed by atoms with Gasteiger partial charge in [0, 0.05) is 12.7 Å². The van der Waals surface area contributed by atoms with Crippen molar-refractivity contribution in [3.63, 3.8) is 0 Å². The number of hydrogen-bond donors (Lipinski definition) is 3. The summed E-state index contributed by atoms with van der Waals surface area (Å²) < 4.78 is 27.3. The number of hydrogen-bond acceptors (Lipinski definition) is 6. The summed E-state index contributed by atoms with van der Waals surface area (Å²) in [4.78, 5) is 6.38. The molecule has 0 amide bonds. The largest absolute Gasteiger partial charge is 0.307 e. The molecule has 0 unspecified atom stereocenters. The molecule has 21 heavy (non-hydrogen) atoms. The van der Waals surface area contributed by atoms with Gasteiger partial charge in [-0.05, 0) is 50.5 Å². The third-order valence-corrected chi connectivity index (χ3v) is 5.37. The van der Waals surface area contributed by atoms with Gasteiger partial charge in [0.25, 0.3) is 0 Å². The molecule has 0 radical (unpaired) electrons. The molecule has 8 heteroatoms. The monoisotopic (exact) mass is 313 g/mol. The molecule has 1 saturated heterocycles. The van der Waals surface area contributed by atoms with Crippen molar-refractivity contribution < 1.29 is 8.42 Å². The molecule has 0 bridgehead atoms. The standard InChI is InChI=1S/C13H23N5O2S/c1-2-18-8-5-11(6-9-18)10-16-21(19,20)12-4-3-7-15-13(12)17-14/h3-4,7,11,16H,2,5-6,8-10,14H2,1H3,(H,15,17). The molecule has 1 fully saturated rings. The van der Waals surface area contributed by atoms with E-state index in [0.717, 1.165) is 32.5 Å². The first-order chi connectivity index (χ1) is 10.1. The molecule has 0 saturated carbocycles. The number of anilines is 1. The number of nitrogen functional groups attached to an aromatic ring is 1. The molecule has 7 nitrogen and oxygen atoms in total. The lowest BCUT2D eigenvalue weighted by Crippen LogP contribution is -2.38. The minimum atomic E-state index is -3.59. The van der Waals surface area contributed by atoms with Gasteiger partial charge in [-0.3, -0.25) is 0 Å². The maximum absolute atomic E-state index is 12.3. The predicted octanol–water partition coefficient (Wildman–Crippen LogP) is 0.377. The fourth-order valence-corrected chi connectivity index (χ4v) is 3.76. The van der Waals surface area contributed by atoms with E-state index in [1.165, 1.54) is 12.3 Å². The number of pyridine rings is 1. The van der Waals surface area contributed by atoms with Crippen LogP contribution >= 0.6 is 0 Å². The highest BCUT2D eigenvalue weighted by Crippen LogP contribution is 2.19. The van der Waals surface area contributed by atoms with E-state index in [1.807, 2.05) is 0 Å². The van der Waals surface area contributed by atoms with Crippen LogP contribution in [0.5, 0.6) is 0 Å². The Labute approximate surface area is 125 Å². The normalized spacial score (nSPS) is 17.8. The van der Waals surface area contributed by atoms with Gasteiger partial charge < -0.3 is 10.3 Å². The van der Waals surface area contributed by atoms with Gasteiger partial charge >= 0.3 is 0 Å². The zero-order valence-corrected chi connectivity index (χ0v) is 13.1. The first kappa shape index (κ1) is 16.2. The van der Waals surface area contributed by atoms with Gasteiger partial charge in [0.2, 0.25) is 10.0 Å². The van der Waals surface area contributed by atoms with Crippen molar-refractivity contribution >= 4 is 15.8 Å². The van der Waals surface area contributed by atoms with Crippen LogP contribution in [-0.2, 0) is 10.0 Å². The Morgan fingerprint density at radius 3 is 2.76 bits per heavy atom. The van der Waals surface area contributed by atoms with Gasteiger partial charge in [0.15, 0.2) is 5.82 Å². The number of nitrogens with zero attached hydrogens (tertiary/aromatic N) is 2. The molecule has 118 valence electrons. The number of nitrogens with two attached hydrogens (primary N) is 1. The number of nitrogens with one attached hydrogen (secondary N) is 2. The van der Waals surface area contributed by atoms with Crippen molar-refractivity contribution in [3.05, 3.63) is 18.3 Å². The molecule has 1 aromatic rings. The summed E-state index contributed by atoms with van der Waals surface area (Å²) in [7, 11) is -3.59. The zero-order valence-electron chi connectivity index (χ0n) is 12.2. The Hall–Kier alpha value is -1.22. The summed E-state index contributed by atoms with van der Waals surface area (Å²) in [6, 6.07) is 3.07. The minimum absolute atomic E-state index is 0.0819. The summed E-state index contributed by atoms with van der Waals surface area (Å²) in [5, 5.41) is 0. The summed E-state index contributed by atoms with van der Waals surface area (Å²) in [6.45, 7) is 5.72. The van der Waals surface area contributed by atoms with Crippen LogP contribution in [-0.4, -0.2) is 44.5 Å². The predicted molar refractivity (Wildman–Crippen MR) is 82.1 cm³/mol. The molecule has 1 aromatic heterocycles. The van der Waals surface area contributed by atoms with Crippen molar-refractivity contribution in [2.75, 3.05) is 31.6 Å². The number of likely N-dealkylation sites (tertiary alicyclic amines) is 1. The van der Waals surface area contributed by atoms with Gasteiger partial charge in [-0.2, -0.15) is 0 Å². The Morgan fingerprint density at radius 1 is 1.43 bits per heavy atom. The van der Waals surface area contributed by atoms with Crippen LogP contribution in [0.25, 0.3) is 0 Å².